The van der Waals surface area contributed by atoms with Gasteiger partial charge in [-0.15, -0.1) is 0 Å². The van der Waals surface area contributed by atoms with Gasteiger partial charge in [-0.25, -0.2) is 4.68 Å². The van der Waals surface area contributed by atoms with Crippen LogP contribution in [0.25, 0.3) is 0 Å². The molecule has 0 saturated carbocycles. The van der Waals surface area contributed by atoms with Gasteiger partial charge in [0.05, 0.1) is 25.5 Å². The first-order valence-corrected chi connectivity index (χ1v) is 8.45. The van der Waals surface area contributed by atoms with Crippen molar-refractivity contribution < 1.29 is 9.53 Å². The Labute approximate surface area is 142 Å². The summed E-state index contributed by atoms with van der Waals surface area (Å²) in [6.45, 7) is 4.05. The number of hydrogen-bond donors (Lipinski definition) is 1. The minimum absolute atomic E-state index is 0.0355. The molecular formula is C18H24N4O2. The number of para-hydroxylation sites is 1. The lowest BCUT2D eigenvalue weighted by atomic mass is 10.0. The molecule has 128 valence electrons. The summed E-state index contributed by atoms with van der Waals surface area (Å²) in [4.78, 5) is 14.6. The first-order chi connectivity index (χ1) is 11.7. The van der Waals surface area contributed by atoms with Crippen LogP contribution in [0.2, 0.25) is 0 Å². The summed E-state index contributed by atoms with van der Waals surface area (Å²) in [6.07, 6.45) is 4.75. The van der Waals surface area contributed by atoms with Crippen LogP contribution >= 0.6 is 0 Å². The van der Waals surface area contributed by atoms with E-state index in [-0.39, 0.29) is 5.91 Å². The van der Waals surface area contributed by atoms with E-state index >= 15 is 0 Å². The fourth-order valence-electron chi connectivity index (χ4n) is 3.21. The van der Waals surface area contributed by atoms with Crippen molar-refractivity contribution in [1.29, 1.82) is 0 Å². The number of nitrogens with one attached hydrogen (secondary N) is 1. The Morgan fingerprint density at radius 2 is 2.25 bits per heavy atom. The molecule has 0 radical (unpaired) electrons. The summed E-state index contributed by atoms with van der Waals surface area (Å²) >= 11 is 0. The maximum Gasteiger partial charge on any atom is 0.245 e. The minimum Gasteiger partial charge on any atom is -0.495 e. The highest BCUT2D eigenvalue weighted by atomic mass is 16.5. The molecule has 3 rings (SSSR count). The summed E-state index contributed by atoms with van der Waals surface area (Å²) in [5, 5.41) is 7.21. The zero-order chi connectivity index (χ0) is 16.9. The predicted molar refractivity (Wildman–Crippen MR) is 94.7 cm³/mol. The zero-order valence-corrected chi connectivity index (χ0v) is 14.3. The number of ether oxygens (including phenoxy) is 1. The lowest BCUT2D eigenvalue weighted by Crippen LogP contribution is -2.37. The molecule has 0 fully saturated rings. The van der Waals surface area contributed by atoms with E-state index in [2.05, 4.69) is 28.3 Å². The van der Waals surface area contributed by atoms with Gasteiger partial charge in [-0.3, -0.25) is 4.79 Å². The number of benzene rings is 1. The average Bonchev–Trinajstić information content (AvgIpc) is 3.01. The Kier molecular flexibility index (Phi) is 5.03. The highest BCUT2D eigenvalue weighted by molar-refractivity contribution is 5.94. The van der Waals surface area contributed by atoms with Gasteiger partial charge in [0.15, 0.2) is 0 Å². The molecule has 1 aromatic heterocycles. The Bertz CT molecular complexity index is 697. The number of aromatic nitrogens is 2. The Morgan fingerprint density at radius 1 is 1.38 bits per heavy atom. The quantitative estimate of drug-likeness (QED) is 0.886. The summed E-state index contributed by atoms with van der Waals surface area (Å²) in [5.41, 5.74) is 2.29. The predicted octanol–water partition coefficient (Wildman–Crippen LogP) is 2.69. The molecule has 2 aromatic rings. The van der Waals surface area contributed by atoms with Crippen LogP contribution < -0.4 is 15.0 Å². The second-order valence-electron chi connectivity index (χ2n) is 5.98. The third-order valence-corrected chi connectivity index (χ3v) is 4.25. The number of aryl methyl sites for hydroxylation is 2. The molecule has 0 atom stereocenters. The van der Waals surface area contributed by atoms with E-state index < -0.39 is 0 Å². The SMILES string of the molecule is CCCn1nccc1NC(=O)CN1CCCc2cccc(OC)c21. The molecule has 6 heteroatoms. The molecule has 0 spiro atoms. The zero-order valence-electron chi connectivity index (χ0n) is 14.3. The molecule has 6 nitrogen and oxygen atoms in total. The van der Waals surface area contributed by atoms with E-state index in [4.69, 9.17) is 4.74 Å². The first-order valence-electron chi connectivity index (χ1n) is 8.45. The van der Waals surface area contributed by atoms with Gasteiger partial charge in [0.1, 0.15) is 11.6 Å². The van der Waals surface area contributed by atoms with Gasteiger partial charge in [-0.05, 0) is 30.9 Å². The van der Waals surface area contributed by atoms with Crippen LogP contribution in [0.4, 0.5) is 11.5 Å². The first kappa shape index (κ1) is 16.4. The largest absolute Gasteiger partial charge is 0.495 e. The van der Waals surface area contributed by atoms with Gasteiger partial charge in [0.25, 0.3) is 0 Å². The van der Waals surface area contributed by atoms with Crippen LogP contribution in [0.1, 0.15) is 25.3 Å². The molecule has 1 aliphatic heterocycles. The van der Waals surface area contributed by atoms with E-state index in [0.29, 0.717) is 6.54 Å². The third-order valence-electron chi connectivity index (χ3n) is 4.25. The summed E-state index contributed by atoms with van der Waals surface area (Å²) in [7, 11) is 1.67. The number of anilines is 2. The van der Waals surface area contributed by atoms with E-state index in [1.54, 1.807) is 13.3 Å². The van der Waals surface area contributed by atoms with Crippen molar-refractivity contribution in [2.45, 2.75) is 32.7 Å². The van der Waals surface area contributed by atoms with Crippen molar-refractivity contribution in [2.24, 2.45) is 0 Å². The monoisotopic (exact) mass is 328 g/mol. The van der Waals surface area contributed by atoms with Gasteiger partial charge >= 0.3 is 0 Å². The number of carbonyl (C=O) groups is 1. The lowest BCUT2D eigenvalue weighted by molar-refractivity contribution is -0.115. The van der Waals surface area contributed by atoms with Crippen LogP contribution in [0.15, 0.2) is 30.5 Å². The summed E-state index contributed by atoms with van der Waals surface area (Å²) in [6, 6.07) is 7.90. The van der Waals surface area contributed by atoms with Crippen LogP contribution in [0.3, 0.4) is 0 Å². The fraction of sp³-hybridized carbons (Fsp3) is 0.444. The number of amides is 1. The van der Waals surface area contributed by atoms with Crippen molar-refractivity contribution in [3.05, 3.63) is 36.0 Å². The maximum absolute atomic E-state index is 12.5. The second-order valence-corrected chi connectivity index (χ2v) is 5.98. The standard InChI is InChI=1S/C18H24N4O2/c1-3-11-22-16(9-10-19-22)20-17(23)13-21-12-5-7-14-6-4-8-15(24-2)18(14)21/h4,6,8-10H,3,5,7,11-13H2,1-2H3,(H,20,23). The van der Waals surface area contributed by atoms with Gasteiger partial charge < -0.3 is 15.0 Å². The highest BCUT2D eigenvalue weighted by Gasteiger charge is 2.23. The van der Waals surface area contributed by atoms with Crippen molar-refractivity contribution in [2.75, 3.05) is 30.4 Å². The minimum atomic E-state index is -0.0355. The molecule has 0 saturated heterocycles. The molecule has 0 bridgehead atoms. The van der Waals surface area contributed by atoms with Crippen LogP contribution in [-0.2, 0) is 17.8 Å². The number of nitrogens with zero attached hydrogens (tertiary/aromatic N) is 3. The maximum atomic E-state index is 12.5. The van der Waals surface area contributed by atoms with Crippen molar-refractivity contribution in [3.8, 4) is 5.75 Å². The molecular weight excluding hydrogens is 304 g/mol. The highest BCUT2D eigenvalue weighted by Crippen LogP contribution is 2.35. The average molecular weight is 328 g/mol. The Morgan fingerprint density at radius 3 is 3.04 bits per heavy atom. The van der Waals surface area contributed by atoms with Crippen molar-refractivity contribution >= 4 is 17.4 Å². The van der Waals surface area contributed by atoms with E-state index in [1.165, 1.54) is 5.56 Å². The van der Waals surface area contributed by atoms with Gasteiger partial charge in [-0.2, -0.15) is 5.10 Å². The smallest absolute Gasteiger partial charge is 0.245 e. The molecule has 2 heterocycles. The lowest BCUT2D eigenvalue weighted by Gasteiger charge is -2.32. The van der Waals surface area contributed by atoms with E-state index in [9.17, 15) is 4.79 Å². The molecule has 24 heavy (non-hydrogen) atoms. The van der Waals surface area contributed by atoms with E-state index in [0.717, 1.165) is 49.6 Å². The van der Waals surface area contributed by atoms with Gasteiger partial charge in [-0.1, -0.05) is 19.1 Å². The molecule has 0 aliphatic carbocycles. The Hall–Kier alpha value is -2.50. The van der Waals surface area contributed by atoms with Gasteiger partial charge in [0.2, 0.25) is 5.91 Å². The van der Waals surface area contributed by atoms with Gasteiger partial charge in [0, 0.05) is 19.2 Å². The van der Waals surface area contributed by atoms with Crippen molar-refractivity contribution in [1.82, 2.24) is 9.78 Å². The topological polar surface area (TPSA) is 59.4 Å². The van der Waals surface area contributed by atoms with Crippen LogP contribution in [-0.4, -0.2) is 35.9 Å². The number of methoxy groups -OCH3 is 1. The molecule has 1 amide bonds. The number of rotatable bonds is 6. The number of fused-ring (bicyclic) bond motifs is 1. The number of carbonyl (C=O) groups excluding carboxylic acids is 1. The van der Waals surface area contributed by atoms with Crippen LogP contribution in [0, 0.1) is 0 Å². The molecule has 0 unspecified atom stereocenters. The second kappa shape index (κ2) is 7.38. The van der Waals surface area contributed by atoms with Crippen molar-refractivity contribution in [3.63, 3.8) is 0 Å². The summed E-state index contributed by atoms with van der Waals surface area (Å²) in [5.74, 6) is 1.54. The molecule has 1 N–H and O–H groups in total. The normalized spacial score (nSPS) is 13.5. The van der Waals surface area contributed by atoms with Crippen LogP contribution in [0.5, 0.6) is 5.75 Å². The summed E-state index contributed by atoms with van der Waals surface area (Å²) < 4.78 is 7.32. The third kappa shape index (κ3) is 3.37. The number of hydrogen-bond acceptors (Lipinski definition) is 4. The van der Waals surface area contributed by atoms with E-state index in [1.807, 2.05) is 22.9 Å². The molecule has 1 aromatic carbocycles. The fourth-order valence-corrected chi connectivity index (χ4v) is 3.21. The Balaban J connectivity index is 1.73. The molecule has 1 aliphatic rings.